The highest BCUT2D eigenvalue weighted by atomic mass is 16.5. The van der Waals surface area contributed by atoms with E-state index in [9.17, 15) is 9.59 Å². The first-order valence-electron chi connectivity index (χ1n) is 9.73. The van der Waals surface area contributed by atoms with Gasteiger partial charge in [0.1, 0.15) is 5.75 Å². The minimum Gasteiger partial charge on any atom is -0.490 e. The van der Waals surface area contributed by atoms with Crippen LogP contribution in [0.2, 0.25) is 0 Å². The van der Waals surface area contributed by atoms with Gasteiger partial charge in [-0.2, -0.15) is 0 Å². The second-order valence-corrected chi connectivity index (χ2v) is 7.20. The van der Waals surface area contributed by atoms with Gasteiger partial charge in [-0.05, 0) is 38.7 Å². The number of para-hydroxylation sites is 1. The smallest absolute Gasteiger partial charge is 0.220 e. The Morgan fingerprint density at radius 3 is 2.44 bits per heavy atom. The van der Waals surface area contributed by atoms with Crippen molar-refractivity contribution in [1.29, 1.82) is 0 Å². The Balaban J connectivity index is 1.47. The van der Waals surface area contributed by atoms with Crippen LogP contribution in [0.5, 0.6) is 5.75 Å². The number of ether oxygens (including phenoxy) is 1. The molecular formula is C23H27NO3. The molecule has 0 spiro atoms. The Morgan fingerprint density at radius 1 is 1.00 bits per heavy atom. The van der Waals surface area contributed by atoms with Gasteiger partial charge in [0.25, 0.3) is 0 Å². The molecule has 0 saturated heterocycles. The molecule has 0 aromatic heterocycles. The zero-order valence-electron chi connectivity index (χ0n) is 15.9. The minimum absolute atomic E-state index is 0.00452. The molecular weight excluding hydrogens is 338 g/mol. The standard InChI is InChI=1S/C23H27NO3/c1-17-10-12-18(13-11-17)21(25)14-15-23(26)24-16-19-6-2-5-9-22(19)27-20-7-3-4-8-20/h2,5-6,9-13,20H,3-4,7-8,14-16H2,1H3,(H,24,26). The van der Waals surface area contributed by atoms with E-state index < -0.39 is 0 Å². The molecule has 142 valence electrons. The van der Waals surface area contributed by atoms with Crippen molar-refractivity contribution in [2.24, 2.45) is 0 Å². The summed E-state index contributed by atoms with van der Waals surface area (Å²) in [6.45, 7) is 2.40. The van der Waals surface area contributed by atoms with Crippen molar-refractivity contribution in [2.45, 2.75) is 58.1 Å². The summed E-state index contributed by atoms with van der Waals surface area (Å²) < 4.78 is 6.10. The fourth-order valence-electron chi connectivity index (χ4n) is 3.34. The number of hydrogen-bond donors (Lipinski definition) is 1. The third-order valence-corrected chi connectivity index (χ3v) is 5.00. The fraction of sp³-hybridized carbons (Fsp3) is 0.391. The monoisotopic (exact) mass is 365 g/mol. The second kappa shape index (κ2) is 9.36. The number of benzene rings is 2. The highest BCUT2D eigenvalue weighted by Gasteiger charge is 2.18. The van der Waals surface area contributed by atoms with Crippen molar-refractivity contribution in [3.8, 4) is 5.75 Å². The number of Topliss-reactive ketones (excluding diaryl/α,β-unsaturated/α-hetero) is 1. The zero-order chi connectivity index (χ0) is 19.1. The lowest BCUT2D eigenvalue weighted by atomic mass is 10.0. The van der Waals surface area contributed by atoms with Crippen LogP contribution < -0.4 is 10.1 Å². The lowest BCUT2D eigenvalue weighted by molar-refractivity contribution is -0.121. The van der Waals surface area contributed by atoms with E-state index in [0.717, 1.165) is 29.7 Å². The maximum atomic E-state index is 12.2. The van der Waals surface area contributed by atoms with E-state index in [0.29, 0.717) is 12.1 Å². The first-order chi connectivity index (χ1) is 13.1. The van der Waals surface area contributed by atoms with Crippen LogP contribution >= 0.6 is 0 Å². The molecule has 2 aromatic carbocycles. The number of nitrogens with one attached hydrogen (secondary N) is 1. The van der Waals surface area contributed by atoms with E-state index in [1.54, 1.807) is 0 Å². The second-order valence-electron chi connectivity index (χ2n) is 7.20. The molecule has 3 rings (SSSR count). The number of rotatable bonds is 8. The maximum Gasteiger partial charge on any atom is 0.220 e. The molecule has 4 nitrogen and oxygen atoms in total. The van der Waals surface area contributed by atoms with E-state index in [-0.39, 0.29) is 30.6 Å². The summed E-state index contributed by atoms with van der Waals surface area (Å²) in [5.41, 5.74) is 2.74. The van der Waals surface area contributed by atoms with Crippen LogP contribution in [-0.2, 0) is 11.3 Å². The molecule has 0 bridgehead atoms. The van der Waals surface area contributed by atoms with Crippen molar-refractivity contribution in [2.75, 3.05) is 0 Å². The number of amides is 1. The van der Waals surface area contributed by atoms with E-state index in [1.165, 1.54) is 12.8 Å². The van der Waals surface area contributed by atoms with Crippen LogP contribution in [0.1, 0.15) is 60.0 Å². The summed E-state index contributed by atoms with van der Waals surface area (Å²) in [5.74, 6) is 0.724. The number of ketones is 1. The Morgan fingerprint density at radius 2 is 1.70 bits per heavy atom. The van der Waals surface area contributed by atoms with E-state index in [1.807, 2.05) is 55.5 Å². The molecule has 27 heavy (non-hydrogen) atoms. The van der Waals surface area contributed by atoms with Gasteiger partial charge in [-0.1, -0.05) is 48.0 Å². The molecule has 0 atom stereocenters. The molecule has 0 unspecified atom stereocenters. The normalized spacial score (nSPS) is 14.1. The van der Waals surface area contributed by atoms with Crippen molar-refractivity contribution in [3.63, 3.8) is 0 Å². The summed E-state index contributed by atoms with van der Waals surface area (Å²) in [6, 6.07) is 15.3. The molecule has 0 heterocycles. The third kappa shape index (κ3) is 5.68. The Kier molecular flexibility index (Phi) is 6.64. The van der Waals surface area contributed by atoms with Gasteiger partial charge in [-0.3, -0.25) is 9.59 Å². The van der Waals surface area contributed by atoms with Crippen LogP contribution in [0.15, 0.2) is 48.5 Å². The number of carbonyl (C=O) groups excluding carboxylic acids is 2. The number of hydrogen-bond acceptors (Lipinski definition) is 3. The molecule has 0 radical (unpaired) electrons. The highest BCUT2D eigenvalue weighted by molar-refractivity contribution is 5.97. The van der Waals surface area contributed by atoms with Gasteiger partial charge in [0, 0.05) is 30.5 Å². The lowest BCUT2D eigenvalue weighted by Gasteiger charge is -2.16. The van der Waals surface area contributed by atoms with Crippen molar-refractivity contribution in [3.05, 3.63) is 65.2 Å². The lowest BCUT2D eigenvalue weighted by Crippen LogP contribution is -2.24. The van der Waals surface area contributed by atoms with E-state index >= 15 is 0 Å². The maximum absolute atomic E-state index is 12.2. The average molecular weight is 365 g/mol. The molecule has 1 saturated carbocycles. The summed E-state index contributed by atoms with van der Waals surface area (Å²) in [6.07, 6.45) is 5.34. The summed E-state index contributed by atoms with van der Waals surface area (Å²) >= 11 is 0. The molecule has 2 aromatic rings. The van der Waals surface area contributed by atoms with E-state index in [4.69, 9.17) is 4.74 Å². The summed E-state index contributed by atoms with van der Waals surface area (Å²) in [7, 11) is 0. The summed E-state index contributed by atoms with van der Waals surface area (Å²) in [4.78, 5) is 24.3. The van der Waals surface area contributed by atoms with Gasteiger partial charge in [0.15, 0.2) is 5.78 Å². The number of aryl methyl sites for hydroxylation is 1. The predicted octanol–water partition coefficient (Wildman–Crippen LogP) is 4.60. The molecule has 0 aliphatic heterocycles. The molecule has 1 fully saturated rings. The zero-order valence-corrected chi connectivity index (χ0v) is 15.9. The van der Waals surface area contributed by atoms with Crippen molar-refractivity contribution in [1.82, 2.24) is 5.32 Å². The van der Waals surface area contributed by atoms with Gasteiger partial charge in [0.2, 0.25) is 5.91 Å². The van der Waals surface area contributed by atoms with Crippen molar-refractivity contribution < 1.29 is 14.3 Å². The van der Waals surface area contributed by atoms with Gasteiger partial charge >= 0.3 is 0 Å². The van der Waals surface area contributed by atoms with Crippen LogP contribution in [0.3, 0.4) is 0 Å². The van der Waals surface area contributed by atoms with Gasteiger partial charge in [-0.25, -0.2) is 0 Å². The number of carbonyl (C=O) groups is 2. The van der Waals surface area contributed by atoms with Crippen molar-refractivity contribution >= 4 is 11.7 Å². The first-order valence-corrected chi connectivity index (χ1v) is 9.73. The fourth-order valence-corrected chi connectivity index (χ4v) is 3.34. The largest absolute Gasteiger partial charge is 0.490 e. The Bertz CT molecular complexity index is 776. The quantitative estimate of drug-likeness (QED) is 0.696. The highest BCUT2D eigenvalue weighted by Crippen LogP contribution is 2.26. The first kappa shape index (κ1) is 19.2. The SMILES string of the molecule is Cc1ccc(C(=O)CCC(=O)NCc2ccccc2OC2CCCC2)cc1. The molecule has 1 N–H and O–H groups in total. The molecule has 1 amide bonds. The van der Waals surface area contributed by atoms with Crippen LogP contribution in [-0.4, -0.2) is 17.8 Å². The van der Waals surface area contributed by atoms with Crippen LogP contribution in [0, 0.1) is 6.92 Å². The predicted molar refractivity (Wildman–Crippen MR) is 106 cm³/mol. The Labute approximate surface area is 160 Å². The van der Waals surface area contributed by atoms with Gasteiger partial charge in [0.05, 0.1) is 6.10 Å². The van der Waals surface area contributed by atoms with Crippen LogP contribution in [0.25, 0.3) is 0 Å². The topological polar surface area (TPSA) is 55.4 Å². The molecule has 1 aliphatic carbocycles. The van der Waals surface area contributed by atoms with Gasteiger partial charge in [-0.15, -0.1) is 0 Å². The van der Waals surface area contributed by atoms with Gasteiger partial charge < -0.3 is 10.1 Å². The van der Waals surface area contributed by atoms with Crippen LogP contribution in [0.4, 0.5) is 0 Å². The molecule has 4 heteroatoms. The average Bonchev–Trinajstić information content (AvgIpc) is 3.19. The molecule has 1 aliphatic rings. The third-order valence-electron chi connectivity index (χ3n) is 5.00. The summed E-state index contributed by atoms with van der Waals surface area (Å²) in [5, 5.41) is 2.91. The minimum atomic E-state index is -0.119. The van der Waals surface area contributed by atoms with E-state index in [2.05, 4.69) is 5.32 Å². The Hall–Kier alpha value is -2.62.